The number of nitrogen functional groups attached to an aromatic ring is 1. The number of rotatable bonds is 5. The van der Waals surface area contributed by atoms with Crippen LogP contribution in [0.1, 0.15) is 22.3 Å². The number of hydrogen-bond acceptors (Lipinski definition) is 3. The molecule has 0 saturated carbocycles. The lowest BCUT2D eigenvalue weighted by Crippen LogP contribution is -2.38. The Morgan fingerprint density at radius 3 is 2.45 bits per heavy atom. The van der Waals surface area contributed by atoms with Gasteiger partial charge >= 0.3 is 0 Å². The zero-order chi connectivity index (χ0) is 22.0. The van der Waals surface area contributed by atoms with Crippen molar-refractivity contribution in [1.29, 1.82) is 0 Å². The minimum absolute atomic E-state index is 0.0160. The number of anilines is 2. The van der Waals surface area contributed by atoms with Crippen LogP contribution in [0.25, 0.3) is 0 Å². The third-order valence-corrected chi connectivity index (χ3v) is 5.84. The van der Waals surface area contributed by atoms with Crippen LogP contribution in [0.5, 0.6) is 0 Å². The quantitative estimate of drug-likeness (QED) is 0.559. The molecule has 0 radical (unpaired) electrons. The van der Waals surface area contributed by atoms with Crippen LogP contribution in [0.4, 0.5) is 20.2 Å². The Morgan fingerprint density at radius 1 is 1.06 bits per heavy atom. The first-order chi connectivity index (χ1) is 14.9. The zero-order valence-electron chi connectivity index (χ0n) is 16.8. The molecule has 1 aliphatic rings. The van der Waals surface area contributed by atoms with Crippen molar-refractivity contribution in [2.45, 2.75) is 19.0 Å². The van der Waals surface area contributed by atoms with Gasteiger partial charge in [0.15, 0.2) is 0 Å². The fourth-order valence-electron chi connectivity index (χ4n) is 3.95. The van der Waals surface area contributed by atoms with E-state index in [9.17, 15) is 13.6 Å². The molecule has 1 aliphatic heterocycles. The highest BCUT2D eigenvalue weighted by Crippen LogP contribution is 2.30. The number of hydrogen-bond donors (Lipinski definition) is 1. The lowest BCUT2D eigenvalue weighted by molar-refractivity contribution is 0.0789. The van der Waals surface area contributed by atoms with Crippen molar-refractivity contribution in [1.82, 2.24) is 4.90 Å². The maximum absolute atomic E-state index is 13.6. The highest BCUT2D eigenvalue weighted by molar-refractivity contribution is 6.33. The summed E-state index contributed by atoms with van der Waals surface area (Å²) in [6.07, 6.45) is 0.721. The number of amides is 1. The Hall–Kier alpha value is -3.12. The SMILES string of the molecule is Nc1ccc(N(Cc2ccccc2)[C@H]2CCN(C(=O)c3cc(F)cc(F)c3)C2)cc1Cl. The van der Waals surface area contributed by atoms with Crippen molar-refractivity contribution >= 4 is 28.9 Å². The second-order valence-electron chi connectivity index (χ2n) is 7.67. The summed E-state index contributed by atoms with van der Waals surface area (Å²) in [5, 5.41) is 0.469. The molecule has 31 heavy (non-hydrogen) atoms. The monoisotopic (exact) mass is 441 g/mol. The molecule has 1 atom stereocenters. The third-order valence-electron chi connectivity index (χ3n) is 5.51. The minimum Gasteiger partial charge on any atom is -0.398 e. The fraction of sp³-hybridized carbons (Fsp3) is 0.208. The first kappa shape index (κ1) is 21.1. The predicted octanol–water partition coefficient (Wildman–Crippen LogP) is 5.12. The molecule has 4 nitrogen and oxygen atoms in total. The van der Waals surface area contributed by atoms with Crippen molar-refractivity contribution in [2.24, 2.45) is 0 Å². The molecule has 4 rings (SSSR count). The second kappa shape index (κ2) is 8.94. The summed E-state index contributed by atoms with van der Waals surface area (Å²) in [6, 6.07) is 18.4. The first-order valence-electron chi connectivity index (χ1n) is 10.0. The molecule has 0 aromatic heterocycles. The molecule has 7 heteroatoms. The van der Waals surface area contributed by atoms with Crippen molar-refractivity contribution < 1.29 is 13.6 Å². The standard InChI is InChI=1S/C24H22ClF2N3O/c25-22-13-20(6-7-23(22)28)30(14-16-4-2-1-3-5-16)21-8-9-29(15-21)24(31)17-10-18(26)12-19(27)11-17/h1-7,10-13,21H,8-9,14-15,28H2/t21-/m0/s1. The zero-order valence-corrected chi connectivity index (χ0v) is 17.5. The smallest absolute Gasteiger partial charge is 0.254 e. The van der Waals surface area contributed by atoms with Gasteiger partial charge in [-0.1, -0.05) is 41.9 Å². The number of likely N-dealkylation sites (tertiary alicyclic amines) is 1. The summed E-state index contributed by atoms with van der Waals surface area (Å²) in [7, 11) is 0. The molecule has 2 N–H and O–H groups in total. The molecule has 0 spiro atoms. The molecule has 1 amide bonds. The highest BCUT2D eigenvalue weighted by atomic mass is 35.5. The van der Waals surface area contributed by atoms with E-state index in [1.165, 1.54) is 0 Å². The summed E-state index contributed by atoms with van der Waals surface area (Å²) in [4.78, 5) is 16.7. The van der Waals surface area contributed by atoms with Crippen LogP contribution in [0.2, 0.25) is 5.02 Å². The van der Waals surface area contributed by atoms with Gasteiger partial charge in [0, 0.05) is 43.0 Å². The van der Waals surface area contributed by atoms with Gasteiger partial charge in [0.1, 0.15) is 11.6 Å². The van der Waals surface area contributed by atoms with Crippen LogP contribution >= 0.6 is 11.6 Å². The van der Waals surface area contributed by atoms with Crippen LogP contribution in [-0.2, 0) is 6.54 Å². The van der Waals surface area contributed by atoms with Gasteiger partial charge in [-0.25, -0.2) is 8.78 Å². The number of benzene rings is 3. The van der Waals surface area contributed by atoms with E-state index in [1.807, 2.05) is 42.5 Å². The normalized spacial score (nSPS) is 15.8. The maximum Gasteiger partial charge on any atom is 0.254 e. The lowest BCUT2D eigenvalue weighted by atomic mass is 10.1. The fourth-order valence-corrected chi connectivity index (χ4v) is 4.12. The summed E-state index contributed by atoms with van der Waals surface area (Å²) in [5.74, 6) is -1.90. The lowest BCUT2D eigenvalue weighted by Gasteiger charge is -2.32. The highest BCUT2D eigenvalue weighted by Gasteiger charge is 2.31. The van der Waals surface area contributed by atoms with Gasteiger partial charge in [0.05, 0.1) is 10.7 Å². The average molecular weight is 442 g/mol. The molecule has 0 aliphatic carbocycles. The molecular weight excluding hydrogens is 420 g/mol. The van der Waals surface area contributed by atoms with Gasteiger partial charge in [-0.2, -0.15) is 0 Å². The van der Waals surface area contributed by atoms with E-state index in [4.69, 9.17) is 17.3 Å². The van der Waals surface area contributed by atoms with Gasteiger partial charge in [0.25, 0.3) is 5.91 Å². The topological polar surface area (TPSA) is 49.6 Å². The summed E-state index contributed by atoms with van der Waals surface area (Å²) in [6.45, 7) is 1.56. The van der Waals surface area contributed by atoms with Gasteiger partial charge in [0.2, 0.25) is 0 Å². The maximum atomic E-state index is 13.6. The van der Waals surface area contributed by atoms with Gasteiger partial charge < -0.3 is 15.5 Å². The number of nitrogens with two attached hydrogens (primary N) is 1. The number of carbonyl (C=O) groups is 1. The Labute approximate surface area is 184 Å². The van der Waals surface area contributed by atoms with Crippen LogP contribution in [-0.4, -0.2) is 29.9 Å². The largest absolute Gasteiger partial charge is 0.398 e. The van der Waals surface area contributed by atoms with Crippen molar-refractivity contribution in [2.75, 3.05) is 23.7 Å². The average Bonchev–Trinajstić information content (AvgIpc) is 3.23. The molecular formula is C24H22ClF2N3O. The van der Waals surface area contributed by atoms with Crippen LogP contribution in [0.15, 0.2) is 66.7 Å². The molecule has 3 aromatic carbocycles. The minimum atomic E-state index is -0.763. The molecule has 1 fully saturated rings. The van der Waals surface area contributed by atoms with Crippen LogP contribution in [0, 0.1) is 11.6 Å². The van der Waals surface area contributed by atoms with Crippen molar-refractivity contribution in [3.63, 3.8) is 0 Å². The summed E-state index contributed by atoms with van der Waals surface area (Å²) < 4.78 is 27.1. The van der Waals surface area contributed by atoms with E-state index in [1.54, 1.807) is 11.0 Å². The molecule has 160 valence electrons. The van der Waals surface area contributed by atoms with E-state index >= 15 is 0 Å². The van der Waals surface area contributed by atoms with Gasteiger partial charge in [-0.05, 0) is 42.3 Å². The Balaban J connectivity index is 1.58. The summed E-state index contributed by atoms with van der Waals surface area (Å²) >= 11 is 6.27. The predicted molar refractivity (Wildman–Crippen MR) is 119 cm³/mol. The van der Waals surface area contributed by atoms with E-state index < -0.39 is 11.6 Å². The molecule has 0 unspecified atom stereocenters. The Morgan fingerprint density at radius 2 is 1.77 bits per heavy atom. The molecule has 3 aromatic rings. The Bertz CT molecular complexity index is 1070. The van der Waals surface area contributed by atoms with Crippen LogP contribution in [0.3, 0.4) is 0 Å². The van der Waals surface area contributed by atoms with E-state index in [0.717, 1.165) is 35.9 Å². The van der Waals surface area contributed by atoms with Crippen molar-refractivity contribution in [3.8, 4) is 0 Å². The molecule has 0 bridgehead atoms. The first-order valence-corrected chi connectivity index (χ1v) is 10.4. The summed E-state index contributed by atoms with van der Waals surface area (Å²) in [5.41, 5.74) is 8.42. The molecule has 1 saturated heterocycles. The van der Waals surface area contributed by atoms with Gasteiger partial charge in [-0.3, -0.25) is 4.79 Å². The van der Waals surface area contributed by atoms with Crippen LogP contribution < -0.4 is 10.6 Å². The van der Waals surface area contributed by atoms with Gasteiger partial charge in [-0.15, -0.1) is 0 Å². The van der Waals surface area contributed by atoms with Crippen molar-refractivity contribution in [3.05, 3.63) is 94.5 Å². The Kier molecular flexibility index (Phi) is 6.09. The number of nitrogens with zero attached hydrogens (tertiary/aromatic N) is 2. The van der Waals surface area contributed by atoms with E-state index in [-0.39, 0.29) is 17.5 Å². The number of halogens is 3. The number of carbonyl (C=O) groups excluding carboxylic acids is 1. The van der Waals surface area contributed by atoms with E-state index in [2.05, 4.69) is 4.90 Å². The second-order valence-corrected chi connectivity index (χ2v) is 8.08. The molecule has 1 heterocycles. The third kappa shape index (κ3) is 4.80. The van der Waals surface area contributed by atoms with E-state index in [0.29, 0.717) is 30.3 Å².